The molecule has 1 N–H and O–H groups in total. The van der Waals surface area contributed by atoms with E-state index in [0.717, 1.165) is 36.8 Å². The topological polar surface area (TPSA) is 67.2 Å². The molecule has 1 aliphatic heterocycles. The third-order valence-corrected chi connectivity index (χ3v) is 6.88. The van der Waals surface area contributed by atoms with E-state index in [9.17, 15) is 9.59 Å². The second-order valence-corrected chi connectivity index (χ2v) is 8.81. The number of hydrogen-bond acceptors (Lipinski definition) is 4. The van der Waals surface area contributed by atoms with Crippen LogP contribution in [0.3, 0.4) is 0 Å². The average molecular weight is 393 g/mol. The van der Waals surface area contributed by atoms with E-state index in [-0.39, 0.29) is 17.9 Å². The van der Waals surface area contributed by atoms with Crippen LogP contribution in [0, 0.1) is 13.8 Å². The van der Waals surface area contributed by atoms with Gasteiger partial charge in [0.25, 0.3) is 0 Å². The minimum Gasteiger partial charge on any atom is -0.353 e. The van der Waals surface area contributed by atoms with Crippen LogP contribution >= 0.6 is 11.8 Å². The van der Waals surface area contributed by atoms with Crippen molar-refractivity contribution in [2.24, 2.45) is 0 Å². The average Bonchev–Trinajstić information content (AvgIpc) is 2.95. The van der Waals surface area contributed by atoms with E-state index < -0.39 is 0 Å². The lowest BCUT2D eigenvalue weighted by molar-refractivity contribution is -0.130. The molecule has 1 saturated heterocycles. The number of likely N-dealkylation sites (tertiary alicyclic amines) is 1. The Morgan fingerprint density at radius 3 is 2.41 bits per heavy atom. The number of imidazole rings is 1. The summed E-state index contributed by atoms with van der Waals surface area (Å²) in [5.41, 5.74) is 2.31. The number of nitrogens with one attached hydrogen (secondary N) is 1. The van der Waals surface area contributed by atoms with Crippen molar-refractivity contribution in [1.29, 1.82) is 0 Å². The maximum atomic E-state index is 12.4. The van der Waals surface area contributed by atoms with Gasteiger partial charge in [0.2, 0.25) is 11.8 Å². The molecule has 0 aromatic carbocycles. The standard InChI is InChI=1S/C20H32N4O2S/c1-14-15(2)24(18-7-5-4-6-8-18)20(21-14)27-13-19(26)22-17-9-11-23(12-10-17)16(3)25/h17-18H,4-13H2,1-3H3,(H,22,26). The molecule has 150 valence electrons. The predicted octanol–water partition coefficient (Wildman–Crippen LogP) is 3.22. The van der Waals surface area contributed by atoms with Crippen LogP contribution in [0.25, 0.3) is 0 Å². The SMILES string of the molecule is CC(=O)N1CCC(NC(=O)CSc2nc(C)c(C)n2C2CCCCC2)CC1. The number of rotatable bonds is 5. The molecule has 7 heteroatoms. The van der Waals surface area contributed by atoms with Gasteiger partial charge in [-0.2, -0.15) is 0 Å². The Bertz CT molecular complexity index is 674. The molecule has 1 aromatic rings. The Labute approximate surface area is 166 Å². The molecule has 0 bridgehead atoms. The number of amides is 2. The first-order chi connectivity index (χ1) is 13.0. The molecule has 1 saturated carbocycles. The highest BCUT2D eigenvalue weighted by molar-refractivity contribution is 7.99. The lowest BCUT2D eigenvalue weighted by Crippen LogP contribution is -2.46. The largest absolute Gasteiger partial charge is 0.353 e. The predicted molar refractivity (Wildman–Crippen MR) is 108 cm³/mol. The second kappa shape index (κ2) is 9.13. The highest BCUT2D eigenvalue weighted by atomic mass is 32.2. The Kier molecular flexibility index (Phi) is 6.84. The monoisotopic (exact) mass is 392 g/mol. The van der Waals surface area contributed by atoms with Crippen LogP contribution in [0.15, 0.2) is 5.16 Å². The zero-order valence-electron chi connectivity index (χ0n) is 16.8. The number of piperidine rings is 1. The van der Waals surface area contributed by atoms with Crippen LogP contribution < -0.4 is 5.32 Å². The smallest absolute Gasteiger partial charge is 0.230 e. The summed E-state index contributed by atoms with van der Waals surface area (Å²) in [6, 6.07) is 0.705. The molecule has 0 atom stereocenters. The van der Waals surface area contributed by atoms with Gasteiger partial charge in [0, 0.05) is 37.8 Å². The van der Waals surface area contributed by atoms with Gasteiger partial charge in [0.15, 0.2) is 5.16 Å². The zero-order valence-corrected chi connectivity index (χ0v) is 17.6. The molecule has 6 nitrogen and oxygen atoms in total. The molecule has 3 rings (SSSR count). The summed E-state index contributed by atoms with van der Waals surface area (Å²) in [6.45, 7) is 7.27. The Morgan fingerprint density at radius 1 is 1.11 bits per heavy atom. The van der Waals surface area contributed by atoms with Crippen LogP contribution in [0.5, 0.6) is 0 Å². The fourth-order valence-electron chi connectivity index (χ4n) is 4.21. The number of nitrogens with zero attached hydrogens (tertiary/aromatic N) is 3. The van der Waals surface area contributed by atoms with E-state index in [4.69, 9.17) is 4.98 Å². The van der Waals surface area contributed by atoms with Crippen molar-refractivity contribution in [3.8, 4) is 0 Å². The van der Waals surface area contributed by atoms with Gasteiger partial charge in [-0.1, -0.05) is 31.0 Å². The number of aryl methyl sites for hydroxylation is 1. The van der Waals surface area contributed by atoms with Crippen molar-refractivity contribution in [3.05, 3.63) is 11.4 Å². The van der Waals surface area contributed by atoms with Gasteiger partial charge >= 0.3 is 0 Å². The first-order valence-corrected chi connectivity index (χ1v) is 11.2. The Balaban J connectivity index is 1.53. The first kappa shape index (κ1) is 20.2. The van der Waals surface area contributed by atoms with Gasteiger partial charge in [0.1, 0.15) is 0 Å². The number of hydrogen-bond donors (Lipinski definition) is 1. The summed E-state index contributed by atoms with van der Waals surface area (Å²) in [5.74, 6) is 0.584. The summed E-state index contributed by atoms with van der Waals surface area (Å²) in [4.78, 5) is 30.4. The van der Waals surface area contributed by atoms with Crippen molar-refractivity contribution < 1.29 is 9.59 Å². The van der Waals surface area contributed by atoms with Crippen molar-refractivity contribution in [3.63, 3.8) is 0 Å². The molecular formula is C20H32N4O2S. The van der Waals surface area contributed by atoms with Crippen LogP contribution in [0.1, 0.15) is 69.3 Å². The fourth-order valence-corrected chi connectivity index (χ4v) is 5.18. The number of aromatic nitrogens is 2. The molecule has 2 fully saturated rings. The highest BCUT2D eigenvalue weighted by Gasteiger charge is 2.24. The highest BCUT2D eigenvalue weighted by Crippen LogP contribution is 2.34. The maximum Gasteiger partial charge on any atom is 0.230 e. The summed E-state index contributed by atoms with van der Waals surface area (Å²) in [6.07, 6.45) is 8.00. The molecule has 0 unspecified atom stereocenters. The lowest BCUT2D eigenvalue weighted by atomic mass is 9.95. The van der Waals surface area contributed by atoms with Gasteiger partial charge in [0.05, 0.1) is 11.4 Å². The number of carbonyl (C=O) groups is 2. The normalized spacial score (nSPS) is 19.3. The van der Waals surface area contributed by atoms with Crippen molar-refractivity contribution in [2.75, 3.05) is 18.8 Å². The van der Waals surface area contributed by atoms with Crippen LogP contribution in [-0.2, 0) is 9.59 Å². The summed E-state index contributed by atoms with van der Waals surface area (Å²) in [7, 11) is 0. The van der Waals surface area contributed by atoms with Crippen LogP contribution in [0.4, 0.5) is 0 Å². The van der Waals surface area contributed by atoms with Crippen molar-refractivity contribution in [1.82, 2.24) is 19.8 Å². The van der Waals surface area contributed by atoms with Gasteiger partial charge < -0.3 is 14.8 Å². The first-order valence-electron chi connectivity index (χ1n) is 10.2. The van der Waals surface area contributed by atoms with E-state index in [2.05, 4.69) is 23.7 Å². The number of thioether (sulfide) groups is 1. The quantitative estimate of drug-likeness (QED) is 0.781. The summed E-state index contributed by atoms with van der Waals surface area (Å²) < 4.78 is 2.37. The molecule has 2 heterocycles. The molecule has 0 radical (unpaired) electrons. The van der Waals surface area contributed by atoms with Crippen molar-refractivity contribution in [2.45, 2.75) is 83.0 Å². The lowest BCUT2D eigenvalue weighted by Gasteiger charge is -2.31. The third-order valence-electron chi connectivity index (χ3n) is 5.93. The van der Waals surface area contributed by atoms with E-state index in [1.807, 2.05) is 4.90 Å². The van der Waals surface area contributed by atoms with Crippen molar-refractivity contribution >= 4 is 23.6 Å². The zero-order chi connectivity index (χ0) is 19.4. The fraction of sp³-hybridized carbons (Fsp3) is 0.750. The van der Waals surface area contributed by atoms with E-state index in [1.165, 1.54) is 37.8 Å². The number of carbonyl (C=O) groups excluding carboxylic acids is 2. The van der Waals surface area contributed by atoms with E-state index in [1.54, 1.807) is 18.7 Å². The Morgan fingerprint density at radius 2 is 1.78 bits per heavy atom. The van der Waals surface area contributed by atoms with Gasteiger partial charge in [-0.25, -0.2) is 4.98 Å². The molecule has 1 aliphatic carbocycles. The minimum atomic E-state index is 0.0646. The molecule has 0 spiro atoms. The summed E-state index contributed by atoms with van der Waals surface area (Å²) >= 11 is 1.55. The molecule has 2 amide bonds. The molecular weight excluding hydrogens is 360 g/mol. The molecule has 27 heavy (non-hydrogen) atoms. The van der Waals surface area contributed by atoms with Crippen LogP contribution in [-0.4, -0.2) is 51.1 Å². The second-order valence-electron chi connectivity index (χ2n) is 7.86. The van der Waals surface area contributed by atoms with Crippen LogP contribution in [0.2, 0.25) is 0 Å². The minimum absolute atomic E-state index is 0.0646. The van der Waals surface area contributed by atoms with Gasteiger partial charge in [-0.05, 0) is 39.5 Å². The summed E-state index contributed by atoms with van der Waals surface area (Å²) in [5, 5.41) is 4.12. The molecule has 1 aromatic heterocycles. The van der Waals surface area contributed by atoms with Gasteiger partial charge in [-0.3, -0.25) is 9.59 Å². The van der Waals surface area contributed by atoms with Gasteiger partial charge in [-0.15, -0.1) is 0 Å². The van der Waals surface area contributed by atoms with E-state index in [0.29, 0.717) is 11.8 Å². The molecule has 2 aliphatic rings. The Hall–Kier alpha value is -1.50. The van der Waals surface area contributed by atoms with E-state index >= 15 is 0 Å². The third kappa shape index (κ3) is 5.06. The maximum absolute atomic E-state index is 12.4.